The smallest absolute Gasteiger partial charge is 0.274 e. The van der Waals surface area contributed by atoms with Crippen molar-refractivity contribution in [1.82, 2.24) is 20.0 Å². The van der Waals surface area contributed by atoms with Crippen LogP contribution in [0.5, 0.6) is 0 Å². The third-order valence-corrected chi connectivity index (χ3v) is 5.81. The van der Waals surface area contributed by atoms with Gasteiger partial charge in [0.25, 0.3) is 5.91 Å². The molecule has 0 spiro atoms. The maximum absolute atomic E-state index is 13.1. The van der Waals surface area contributed by atoms with E-state index < -0.39 is 5.60 Å². The predicted octanol–water partition coefficient (Wildman–Crippen LogP) is 3.19. The maximum Gasteiger partial charge on any atom is 0.274 e. The van der Waals surface area contributed by atoms with Gasteiger partial charge in [-0.1, -0.05) is 30.3 Å². The second kappa shape index (κ2) is 8.53. The summed E-state index contributed by atoms with van der Waals surface area (Å²) in [6, 6.07) is 14.0. The number of hydrogen-bond acceptors (Lipinski definition) is 4. The topological polar surface area (TPSA) is 72.5 Å². The molecule has 1 saturated heterocycles. The number of amides is 1. The standard InChI is InChI=1S/C23H27FN4O2/c1-27(15-17-7-9-18(24)10-8-17)16-23(30)11-4-13-28(14-12-23)22(29)21-19-5-2-3-6-20(19)25-26-21/h2-3,5-10,30H,4,11-16H2,1H3,(H,25,26)/t23-/m1/s1. The van der Waals surface area contributed by atoms with Gasteiger partial charge in [0.2, 0.25) is 0 Å². The molecule has 0 radical (unpaired) electrons. The summed E-state index contributed by atoms with van der Waals surface area (Å²) in [5, 5.41) is 19.1. The molecular weight excluding hydrogens is 383 g/mol. The second-order valence-corrected chi connectivity index (χ2v) is 8.29. The van der Waals surface area contributed by atoms with Crippen molar-refractivity contribution in [1.29, 1.82) is 0 Å². The molecule has 6 nitrogen and oxygen atoms in total. The van der Waals surface area contributed by atoms with Gasteiger partial charge in [-0.25, -0.2) is 4.39 Å². The molecule has 1 amide bonds. The van der Waals surface area contributed by atoms with E-state index in [-0.39, 0.29) is 11.7 Å². The summed E-state index contributed by atoms with van der Waals surface area (Å²) >= 11 is 0. The lowest BCUT2D eigenvalue weighted by atomic mass is 9.94. The van der Waals surface area contributed by atoms with Crippen LogP contribution in [-0.2, 0) is 6.54 Å². The molecule has 0 saturated carbocycles. The number of aliphatic hydroxyl groups is 1. The van der Waals surface area contributed by atoms with Crippen LogP contribution in [0.2, 0.25) is 0 Å². The number of para-hydroxylation sites is 1. The summed E-state index contributed by atoms with van der Waals surface area (Å²) < 4.78 is 13.1. The number of likely N-dealkylation sites (N-methyl/N-ethyl adjacent to an activating group) is 1. The van der Waals surface area contributed by atoms with Crippen LogP contribution < -0.4 is 0 Å². The Balaban J connectivity index is 1.39. The van der Waals surface area contributed by atoms with Gasteiger partial charge >= 0.3 is 0 Å². The summed E-state index contributed by atoms with van der Waals surface area (Å²) in [7, 11) is 1.95. The van der Waals surface area contributed by atoms with Gasteiger partial charge in [0.15, 0.2) is 5.69 Å². The van der Waals surface area contributed by atoms with E-state index in [0.29, 0.717) is 44.7 Å². The lowest BCUT2D eigenvalue weighted by Crippen LogP contribution is -2.42. The minimum atomic E-state index is -0.864. The Hall–Kier alpha value is -2.77. The fourth-order valence-electron chi connectivity index (χ4n) is 4.28. The van der Waals surface area contributed by atoms with Gasteiger partial charge < -0.3 is 10.0 Å². The number of halogens is 1. The van der Waals surface area contributed by atoms with Gasteiger partial charge in [0.1, 0.15) is 5.82 Å². The normalized spacial score (nSPS) is 19.9. The van der Waals surface area contributed by atoms with Crippen molar-refractivity contribution in [3.63, 3.8) is 0 Å². The number of nitrogens with one attached hydrogen (secondary N) is 1. The van der Waals surface area contributed by atoms with Crippen LogP contribution in [0.3, 0.4) is 0 Å². The average molecular weight is 410 g/mol. The summed E-state index contributed by atoms with van der Waals surface area (Å²) in [6.07, 6.45) is 1.87. The molecule has 1 atom stereocenters. The van der Waals surface area contributed by atoms with E-state index in [2.05, 4.69) is 10.2 Å². The number of hydrogen-bond donors (Lipinski definition) is 2. The number of H-pyrrole nitrogens is 1. The molecule has 0 bridgehead atoms. The first-order valence-corrected chi connectivity index (χ1v) is 10.3. The first-order chi connectivity index (χ1) is 14.4. The predicted molar refractivity (Wildman–Crippen MR) is 114 cm³/mol. The SMILES string of the molecule is CN(Cc1ccc(F)cc1)C[C@@]1(O)CCCN(C(=O)c2n[nH]c3ccccc23)CC1. The highest BCUT2D eigenvalue weighted by molar-refractivity contribution is 6.04. The molecule has 2 aromatic carbocycles. The first kappa shape index (κ1) is 20.5. The Labute approximate surface area is 175 Å². The summed E-state index contributed by atoms with van der Waals surface area (Å²) in [5.41, 5.74) is 1.41. The summed E-state index contributed by atoms with van der Waals surface area (Å²) in [4.78, 5) is 16.9. The molecule has 4 rings (SSSR count). The Bertz CT molecular complexity index is 1020. The molecule has 1 fully saturated rings. The van der Waals surface area contributed by atoms with E-state index in [1.165, 1.54) is 12.1 Å². The fourth-order valence-corrected chi connectivity index (χ4v) is 4.28. The number of fused-ring (bicyclic) bond motifs is 1. The molecule has 2 heterocycles. The number of carbonyl (C=O) groups is 1. The van der Waals surface area contributed by atoms with Crippen LogP contribution >= 0.6 is 0 Å². The van der Waals surface area contributed by atoms with E-state index in [0.717, 1.165) is 22.9 Å². The maximum atomic E-state index is 13.1. The minimum Gasteiger partial charge on any atom is -0.388 e. The van der Waals surface area contributed by atoms with Crippen LogP contribution in [0.15, 0.2) is 48.5 Å². The van der Waals surface area contributed by atoms with Crippen LogP contribution in [0.25, 0.3) is 10.9 Å². The highest BCUT2D eigenvalue weighted by atomic mass is 19.1. The van der Waals surface area contributed by atoms with E-state index in [4.69, 9.17) is 0 Å². The number of rotatable bonds is 5. The number of benzene rings is 2. The average Bonchev–Trinajstić information content (AvgIpc) is 3.06. The van der Waals surface area contributed by atoms with Crippen molar-refractivity contribution in [3.05, 3.63) is 65.6 Å². The van der Waals surface area contributed by atoms with Crippen LogP contribution in [0, 0.1) is 5.82 Å². The van der Waals surface area contributed by atoms with Gasteiger partial charge in [0.05, 0.1) is 11.1 Å². The van der Waals surface area contributed by atoms with Crippen LogP contribution in [0.4, 0.5) is 4.39 Å². The van der Waals surface area contributed by atoms with Gasteiger partial charge in [0, 0.05) is 31.6 Å². The van der Waals surface area contributed by atoms with E-state index in [1.54, 1.807) is 17.0 Å². The minimum absolute atomic E-state index is 0.101. The number of aromatic nitrogens is 2. The van der Waals surface area contributed by atoms with Gasteiger partial charge in [-0.3, -0.25) is 14.8 Å². The van der Waals surface area contributed by atoms with Crippen molar-refractivity contribution in [2.75, 3.05) is 26.7 Å². The molecule has 0 aliphatic carbocycles. The van der Waals surface area contributed by atoms with E-state index in [1.807, 2.05) is 36.2 Å². The first-order valence-electron chi connectivity index (χ1n) is 10.3. The van der Waals surface area contributed by atoms with Crippen molar-refractivity contribution in [2.24, 2.45) is 0 Å². The molecule has 1 aliphatic heterocycles. The number of nitrogens with zero attached hydrogens (tertiary/aromatic N) is 3. The molecule has 0 unspecified atom stereocenters. The molecule has 1 aromatic heterocycles. The molecule has 2 N–H and O–H groups in total. The lowest BCUT2D eigenvalue weighted by molar-refractivity contribution is -0.00402. The largest absolute Gasteiger partial charge is 0.388 e. The van der Waals surface area contributed by atoms with Crippen molar-refractivity contribution < 1.29 is 14.3 Å². The quantitative estimate of drug-likeness (QED) is 0.678. The zero-order valence-electron chi connectivity index (χ0n) is 17.1. The molecule has 30 heavy (non-hydrogen) atoms. The van der Waals surface area contributed by atoms with E-state index in [9.17, 15) is 14.3 Å². The number of carbonyl (C=O) groups excluding carboxylic acids is 1. The highest BCUT2D eigenvalue weighted by Gasteiger charge is 2.33. The van der Waals surface area contributed by atoms with Crippen molar-refractivity contribution in [2.45, 2.75) is 31.4 Å². The lowest BCUT2D eigenvalue weighted by Gasteiger charge is -2.31. The molecule has 158 valence electrons. The third-order valence-electron chi connectivity index (χ3n) is 5.81. The Morgan fingerprint density at radius 1 is 1.20 bits per heavy atom. The highest BCUT2D eigenvalue weighted by Crippen LogP contribution is 2.26. The zero-order chi connectivity index (χ0) is 21.1. The van der Waals surface area contributed by atoms with Crippen LogP contribution in [-0.4, -0.2) is 63.3 Å². The van der Waals surface area contributed by atoms with Gasteiger partial charge in [-0.2, -0.15) is 5.10 Å². The van der Waals surface area contributed by atoms with E-state index >= 15 is 0 Å². The van der Waals surface area contributed by atoms with Gasteiger partial charge in [-0.15, -0.1) is 0 Å². The number of likely N-dealkylation sites (tertiary alicyclic amines) is 1. The Kier molecular flexibility index (Phi) is 5.83. The molecule has 3 aromatic rings. The molecular formula is C23H27FN4O2. The Morgan fingerprint density at radius 3 is 2.77 bits per heavy atom. The monoisotopic (exact) mass is 410 g/mol. The number of aromatic amines is 1. The Morgan fingerprint density at radius 2 is 1.97 bits per heavy atom. The summed E-state index contributed by atoms with van der Waals surface area (Å²) in [5.74, 6) is -0.352. The summed E-state index contributed by atoms with van der Waals surface area (Å²) in [6.45, 7) is 2.22. The van der Waals surface area contributed by atoms with Crippen LogP contribution in [0.1, 0.15) is 35.3 Å². The second-order valence-electron chi connectivity index (χ2n) is 8.29. The van der Waals surface area contributed by atoms with Crippen molar-refractivity contribution >= 4 is 16.8 Å². The van der Waals surface area contributed by atoms with Crippen molar-refractivity contribution in [3.8, 4) is 0 Å². The van der Waals surface area contributed by atoms with Gasteiger partial charge in [-0.05, 0) is 50.1 Å². The zero-order valence-corrected chi connectivity index (χ0v) is 17.1. The fraction of sp³-hybridized carbons (Fsp3) is 0.391. The molecule has 7 heteroatoms. The third kappa shape index (κ3) is 4.52. The molecule has 1 aliphatic rings.